The van der Waals surface area contributed by atoms with Crippen molar-refractivity contribution in [2.75, 3.05) is 7.11 Å². The fourth-order valence-electron chi connectivity index (χ4n) is 2.42. The molecular formula is C21H19IN2O4. The van der Waals surface area contributed by atoms with Gasteiger partial charge in [-0.25, -0.2) is 5.43 Å². The van der Waals surface area contributed by atoms with Crippen LogP contribution in [-0.4, -0.2) is 19.2 Å². The number of carbonyl (C=O) groups excluding carboxylic acids is 1. The second kappa shape index (κ2) is 9.41. The van der Waals surface area contributed by atoms with Gasteiger partial charge in [-0.05, 0) is 64.9 Å². The van der Waals surface area contributed by atoms with Crippen LogP contribution in [0.5, 0.6) is 11.5 Å². The van der Waals surface area contributed by atoms with Gasteiger partial charge >= 0.3 is 5.91 Å². The second-order valence-corrected chi connectivity index (χ2v) is 7.15. The van der Waals surface area contributed by atoms with E-state index < -0.39 is 5.91 Å². The summed E-state index contributed by atoms with van der Waals surface area (Å²) in [6.45, 7) is 2.49. The molecule has 1 amide bonds. The first-order valence-electron chi connectivity index (χ1n) is 8.49. The number of aryl methyl sites for hydroxylation is 1. The number of hydrogen-bond acceptors (Lipinski definition) is 5. The van der Waals surface area contributed by atoms with E-state index in [4.69, 9.17) is 13.9 Å². The molecule has 0 atom stereocenters. The van der Waals surface area contributed by atoms with Crippen LogP contribution in [0.25, 0.3) is 0 Å². The summed E-state index contributed by atoms with van der Waals surface area (Å²) in [5.41, 5.74) is 5.47. The molecule has 0 saturated carbocycles. The molecule has 1 aromatic heterocycles. The number of methoxy groups -OCH3 is 1. The van der Waals surface area contributed by atoms with E-state index in [0.717, 1.165) is 14.7 Å². The van der Waals surface area contributed by atoms with Gasteiger partial charge in [0.1, 0.15) is 6.61 Å². The summed E-state index contributed by atoms with van der Waals surface area (Å²) in [6, 6.07) is 15.1. The van der Waals surface area contributed by atoms with Crippen LogP contribution in [0, 0.1) is 10.5 Å². The van der Waals surface area contributed by atoms with E-state index in [0.29, 0.717) is 18.1 Å². The highest BCUT2D eigenvalue weighted by Crippen LogP contribution is 2.34. The van der Waals surface area contributed by atoms with Gasteiger partial charge < -0.3 is 13.9 Å². The lowest BCUT2D eigenvalue weighted by molar-refractivity contribution is 0.0927. The Hall–Kier alpha value is -2.81. The summed E-state index contributed by atoms with van der Waals surface area (Å²) in [7, 11) is 1.59. The van der Waals surface area contributed by atoms with Crippen LogP contribution in [-0.2, 0) is 6.61 Å². The molecule has 0 spiro atoms. The minimum Gasteiger partial charge on any atom is -0.493 e. The molecule has 0 aliphatic rings. The fraction of sp³-hybridized carbons (Fsp3) is 0.143. The number of amides is 1. The maximum Gasteiger partial charge on any atom is 0.307 e. The van der Waals surface area contributed by atoms with E-state index >= 15 is 0 Å². The van der Waals surface area contributed by atoms with Crippen LogP contribution in [0.3, 0.4) is 0 Å². The van der Waals surface area contributed by atoms with E-state index in [1.165, 1.54) is 18.0 Å². The second-order valence-electron chi connectivity index (χ2n) is 5.98. The van der Waals surface area contributed by atoms with Crippen LogP contribution < -0.4 is 14.9 Å². The average molecular weight is 490 g/mol. The van der Waals surface area contributed by atoms with Gasteiger partial charge in [-0.1, -0.05) is 29.8 Å². The molecule has 1 heterocycles. The van der Waals surface area contributed by atoms with E-state index in [-0.39, 0.29) is 5.76 Å². The smallest absolute Gasteiger partial charge is 0.307 e. The zero-order valence-electron chi connectivity index (χ0n) is 15.4. The van der Waals surface area contributed by atoms with Crippen molar-refractivity contribution in [3.05, 3.63) is 80.8 Å². The Balaban J connectivity index is 1.69. The lowest BCUT2D eigenvalue weighted by atomic mass is 10.2. The number of ether oxygens (including phenoxy) is 2. The normalized spacial score (nSPS) is 10.8. The van der Waals surface area contributed by atoms with Crippen molar-refractivity contribution in [1.29, 1.82) is 0 Å². The number of nitrogens with one attached hydrogen (secondary N) is 1. The molecule has 0 fully saturated rings. The number of hydrazone groups is 1. The van der Waals surface area contributed by atoms with Gasteiger partial charge in [0.25, 0.3) is 0 Å². The summed E-state index contributed by atoms with van der Waals surface area (Å²) in [5, 5.41) is 3.96. The van der Waals surface area contributed by atoms with Crippen LogP contribution in [0.15, 0.2) is 64.3 Å². The van der Waals surface area contributed by atoms with E-state index in [2.05, 4.69) is 45.3 Å². The highest BCUT2D eigenvalue weighted by molar-refractivity contribution is 14.1. The van der Waals surface area contributed by atoms with Crippen molar-refractivity contribution in [1.82, 2.24) is 5.43 Å². The highest BCUT2D eigenvalue weighted by atomic mass is 127. The molecule has 0 aliphatic heterocycles. The maximum absolute atomic E-state index is 11.8. The van der Waals surface area contributed by atoms with Crippen molar-refractivity contribution in [3.8, 4) is 11.5 Å². The predicted octanol–water partition coefficient (Wildman–Crippen LogP) is 4.54. The van der Waals surface area contributed by atoms with Gasteiger partial charge in [-0.3, -0.25) is 4.79 Å². The topological polar surface area (TPSA) is 73.1 Å². The first-order chi connectivity index (χ1) is 13.6. The number of rotatable bonds is 7. The Morgan fingerprint density at radius 1 is 1.25 bits per heavy atom. The average Bonchev–Trinajstić information content (AvgIpc) is 3.23. The Kier molecular flexibility index (Phi) is 6.70. The minimum atomic E-state index is -0.416. The number of hydrogen-bond donors (Lipinski definition) is 1. The summed E-state index contributed by atoms with van der Waals surface area (Å²) in [5.74, 6) is 1.04. The quantitative estimate of drug-likeness (QED) is 0.300. The molecule has 144 valence electrons. The van der Waals surface area contributed by atoms with Crippen molar-refractivity contribution in [2.45, 2.75) is 13.5 Å². The standard InChI is InChI=1S/C21H19IN2O4/c1-14-5-7-15(8-6-14)13-28-20-17(22)10-16(11-19(20)26-2)12-23-24-21(25)18-4-3-9-27-18/h3-12H,13H2,1-2H3,(H,24,25)/b23-12-. The molecule has 0 radical (unpaired) electrons. The third kappa shape index (κ3) is 5.13. The molecule has 3 aromatic rings. The van der Waals surface area contributed by atoms with E-state index in [1.807, 2.05) is 25.1 Å². The molecule has 3 rings (SSSR count). The molecule has 6 nitrogen and oxygen atoms in total. The molecule has 2 aromatic carbocycles. The Morgan fingerprint density at radius 2 is 2.04 bits per heavy atom. The van der Waals surface area contributed by atoms with Crippen LogP contribution in [0.4, 0.5) is 0 Å². The van der Waals surface area contributed by atoms with Crippen molar-refractivity contribution < 1.29 is 18.7 Å². The molecule has 0 aliphatic carbocycles. The zero-order valence-corrected chi connectivity index (χ0v) is 17.6. The lowest BCUT2D eigenvalue weighted by Crippen LogP contribution is -2.16. The first kappa shape index (κ1) is 19.9. The molecule has 28 heavy (non-hydrogen) atoms. The summed E-state index contributed by atoms with van der Waals surface area (Å²) in [4.78, 5) is 11.8. The molecule has 0 unspecified atom stereocenters. The van der Waals surface area contributed by atoms with Gasteiger partial charge in [-0.15, -0.1) is 0 Å². The Bertz CT molecular complexity index is 967. The number of nitrogens with zero attached hydrogens (tertiary/aromatic N) is 1. The summed E-state index contributed by atoms with van der Waals surface area (Å²) in [6.07, 6.45) is 2.97. The molecule has 0 saturated heterocycles. The monoisotopic (exact) mass is 490 g/mol. The zero-order chi connectivity index (χ0) is 19.9. The van der Waals surface area contributed by atoms with Crippen molar-refractivity contribution in [3.63, 3.8) is 0 Å². The number of carbonyl (C=O) groups is 1. The largest absolute Gasteiger partial charge is 0.493 e. The predicted molar refractivity (Wildman–Crippen MR) is 115 cm³/mol. The third-order valence-electron chi connectivity index (χ3n) is 3.88. The number of furan rings is 1. The SMILES string of the molecule is COc1cc(/C=N\NC(=O)c2ccco2)cc(I)c1OCc1ccc(C)cc1. The van der Waals surface area contributed by atoms with Crippen LogP contribution in [0.2, 0.25) is 0 Å². The molecular weight excluding hydrogens is 471 g/mol. The molecule has 1 N–H and O–H groups in total. The third-order valence-corrected chi connectivity index (χ3v) is 4.68. The molecule has 7 heteroatoms. The van der Waals surface area contributed by atoms with Crippen LogP contribution in [0.1, 0.15) is 27.2 Å². The number of benzene rings is 2. The Morgan fingerprint density at radius 3 is 2.71 bits per heavy atom. The van der Waals surface area contributed by atoms with Gasteiger partial charge in [0.15, 0.2) is 17.3 Å². The van der Waals surface area contributed by atoms with Gasteiger partial charge in [-0.2, -0.15) is 5.10 Å². The first-order valence-corrected chi connectivity index (χ1v) is 9.57. The van der Waals surface area contributed by atoms with Crippen molar-refractivity contribution >= 4 is 34.7 Å². The fourth-order valence-corrected chi connectivity index (χ4v) is 3.20. The minimum absolute atomic E-state index is 0.198. The lowest BCUT2D eigenvalue weighted by Gasteiger charge is -2.13. The van der Waals surface area contributed by atoms with Gasteiger partial charge in [0.2, 0.25) is 0 Å². The Labute approximate surface area is 176 Å². The van der Waals surface area contributed by atoms with Crippen molar-refractivity contribution in [2.24, 2.45) is 5.10 Å². The van der Waals surface area contributed by atoms with Crippen LogP contribution >= 0.6 is 22.6 Å². The summed E-state index contributed by atoms with van der Waals surface area (Å²) >= 11 is 2.19. The molecule has 0 bridgehead atoms. The summed E-state index contributed by atoms with van der Waals surface area (Å²) < 4.78 is 17.3. The van der Waals surface area contributed by atoms with Gasteiger partial charge in [0.05, 0.1) is 23.2 Å². The van der Waals surface area contributed by atoms with Gasteiger partial charge in [0, 0.05) is 0 Å². The maximum atomic E-state index is 11.8. The number of halogens is 1. The van der Waals surface area contributed by atoms with E-state index in [9.17, 15) is 4.79 Å². The van der Waals surface area contributed by atoms with E-state index in [1.54, 1.807) is 25.3 Å². The highest BCUT2D eigenvalue weighted by Gasteiger charge is 2.12.